The minimum absolute atomic E-state index is 0.155. The zero-order valence-electron chi connectivity index (χ0n) is 15.9. The average Bonchev–Trinajstić information content (AvgIpc) is 3.34. The van der Waals surface area contributed by atoms with Crippen LogP contribution in [0.2, 0.25) is 0 Å². The summed E-state index contributed by atoms with van der Waals surface area (Å²) in [7, 11) is 0. The predicted octanol–water partition coefficient (Wildman–Crippen LogP) is 6.65. The molecule has 0 saturated carbocycles. The van der Waals surface area contributed by atoms with E-state index in [2.05, 4.69) is 17.0 Å². The summed E-state index contributed by atoms with van der Waals surface area (Å²) >= 11 is 0. The number of H-pyrrole nitrogens is 1. The van der Waals surface area contributed by atoms with Crippen LogP contribution in [0.5, 0.6) is 0 Å². The highest BCUT2D eigenvalue weighted by molar-refractivity contribution is 5.61. The number of pyridine rings is 1. The van der Waals surface area contributed by atoms with Gasteiger partial charge in [0.05, 0.1) is 5.69 Å². The van der Waals surface area contributed by atoms with E-state index < -0.39 is 11.9 Å². The van der Waals surface area contributed by atoms with Crippen LogP contribution >= 0.6 is 0 Å². The Bertz CT molecular complexity index is 866. The Labute approximate surface area is 162 Å². The molecule has 3 aromatic rings. The minimum atomic E-state index is -4.45. The van der Waals surface area contributed by atoms with Crippen molar-refractivity contribution in [3.05, 3.63) is 48.0 Å². The van der Waals surface area contributed by atoms with Gasteiger partial charge in [0.15, 0.2) is 0 Å². The molecule has 0 aromatic carbocycles. The lowest BCUT2D eigenvalue weighted by molar-refractivity contribution is -0.141. The Morgan fingerprint density at radius 2 is 1.75 bits per heavy atom. The van der Waals surface area contributed by atoms with Gasteiger partial charge in [0.25, 0.3) is 0 Å². The standard InChI is InChI=1S/C21H24F3N3O/c1-2-3-4-5-6-7-8-16-10-12-19(28-16)15-9-11-17(25-14-15)18-13-20(27-26-18)21(22,23)24/h9-14H,2-8H2,1H3,(H,26,27). The number of furan rings is 1. The zero-order valence-corrected chi connectivity index (χ0v) is 15.9. The molecule has 0 unspecified atom stereocenters. The number of aryl methyl sites for hydroxylation is 1. The van der Waals surface area contributed by atoms with Crippen molar-refractivity contribution in [2.45, 2.75) is 58.0 Å². The highest BCUT2D eigenvalue weighted by Gasteiger charge is 2.33. The van der Waals surface area contributed by atoms with Crippen LogP contribution in [-0.2, 0) is 12.6 Å². The van der Waals surface area contributed by atoms with Gasteiger partial charge >= 0.3 is 6.18 Å². The third-order valence-corrected chi connectivity index (χ3v) is 4.63. The summed E-state index contributed by atoms with van der Waals surface area (Å²) in [5.74, 6) is 1.65. The van der Waals surface area contributed by atoms with E-state index in [-0.39, 0.29) is 5.69 Å². The molecule has 0 amide bonds. The number of nitrogens with one attached hydrogen (secondary N) is 1. The van der Waals surface area contributed by atoms with Crippen molar-refractivity contribution in [3.63, 3.8) is 0 Å². The first kappa shape index (κ1) is 20.2. The fourth-order valence-electron chi connectivity index (χ4n) is 3.04. The summed E-state index contributed by atoms with van der Waals surface area (Å²) < 4.78 is 43.9. The Kier molecular flexibility index (Phi) is 6.54. The second-order valence-corrected chi connectivity index (χ2v) is 6.88. The predicted molar refractivity (Wildman–Crippen MR) is 102 cm³/mol. The molecule has 150 valence electrons. The molecule has 3 aromatic heterocycles. The molecule has 3 heterocycles. The van der Waals surface area contributed by atoms with E-state index in [0.717, 1.165) is 30.2 Å². The third-order valence-electron chi connectivity index (χ3n) is 4.63. The molecule has 0 bridgehead atoms. The quantitative estimate of drug-likeness (QED) is 0.415. The van der Waals surface area contributed by atoms with Gasteiger partial charge in [-0.05, 0) is 36.8 Å². The monoisotopic (exact) mass is 391 g/mol. The zero-order chi connectivity index (χ0) is 20.0. The molecule has 0 aliphatic rings. The molecule has 0 aliphatic carbocycles. The summed E-state index contributed by atoms with van der Waals surface area (Å²) in [5.41, 5.74) is 0.416. The number of alkyl halides is 3. The molecule has 0 fully saturated rings. The Morgan fingerprint density at radius 1 is 0.964 bits per heavy atom. The Balaban J connectivity index is 1.58. The number of aromatic amines is 1. The summed E-state index contributed by atoms with van der Waals surface area (Å²) in [4.78, 5) is 4.22. The highest BCUT2D eigenvalue weighted by Crippen LogP contribution is 2.30. The van der Waals surface area contributed by atoms with Crippen molar-refractivity contribution in [2.24, 2.45) is 0 Å². The summed E-state index contributed by atoms with van der Waals surface area (Å²) in [6, 6.07) is 8.24. The van der Waals surface area contributed by atoms with Gasteiger partial charge in [-0.25, -0.2) is 0 Å². The molecular weight excluding hydrogens is 367 g/mol. The molecule has 1 N–H and O–H groups in total. The molecule has 3 rings (SSSR count). The first-order chi connectivity index (χ1) is 13.5. The van der Waals surface area contributed by atoms with Gasteiger partial charge in [0, 0.05) is 18.2 Å². The number of aromatic nitrogens is 3. The van der Waals surface area contributed by atoms with E-state index >= 15 is 0 Å². The molecule has 4 nitrogen and oxygen atoms in total. The number of nitrogens with zero attached hydrogens (tertiary/aromatic N) is 2. The van der Waals surface area contributed by atoms with E-state index in [1.165, 1.54) is 32.1 Å². The molecule has 28 heavy (non-hydrogen) atoms. The van der Waals surface area contributed by atoms with Crippen molar-refractivity contribution in [2.75, 3.05) is 0 Å². The van der Waals surface area contributed by atoms with E-state index in [1.54, 1.807) is 18.3 Å². The van der Waals surface area contributed by atoms with E-state index in [9.17, 15) is 13.2 Å². The molecule has 0 atom stereocenters. The number of hydrogen-bond acceptors (Lipinski definition) is 3. The Hall–Kier alpha value is -2.57. The van der Waals surface area contributed by atoms with Gasteiger partial charge in [-0.1, -0.05) is 39.0 Å². The number of rotatable bonds is 9. The lowest BCUT2D eigenvalue weighted by Gasteiger charge is -2.01. The number of hydrogen-bond donors (Lipinski definition) is 1. The highest BCUT2D eigenvalue weighted by atomic mass is 19.4. The number of halogens is 3. The maximum Gasteiger partial charge on any atom is 0.432 e. The number of unbranched alkanes of at least 4 members (excludes halogenated alkanes) is 5. The molecule has 0 aliphatic heterocycles. The van der Waals surface area contributed by atoms with Gasteiger partial charge in [0.1, 0.15) is 22.9 Å². The van der Waals surface area contributed by atoms with Crippen LogP contribution in [0.1, 0.15) is 56.9 Å². The maximum absolute atomic E-state index is 12.7. The first-order valence-corrected chi connectivity index (χ1v) is 9.65. The van der Waals surface area contributed by atoms with Gasteiger partial charge in [-0.2, -0.15) is 18.3 Å². The maximum atomic E-state index is 12.7. The van der Waals surface area contributed by atoms with E-state index in [1.807, 2.05) is 17.2 Å². The van der Waals surface area contributed by atoms with E-state index in [4.69, 9.17) is 4.42 Å². The second-order valence-electron chi connectivity index (χ2n) is 6.88. The topological polar surface area (TPSA) is 54.7 Å². The molecule has 0 radical (unpaired) electrons. The fraction of sp³-hybridized carbons (Fsp3) is 0.429. The van der Waals surface area contributed by atoms with Crippen LogP contribution in [0.4, 0.5) is 13.2 Å². The largest absolute Gasteiger partial charge is 0.461 e. The van der Waals surface area contributed by atoms with Crippen molar-refractivity contribution in [1.29, 1.82) is 0 Å². The van der Waals surface area contributed by atoms with Gasteiger partial charge in [-0.3, -0.25) is 10.1 Å². The summed E-state index contributed by atoms with van der Waals surface area (Å²) in [6.45, 7) is 2.21. The molecular formula is C21H24F3N3O. The fourth-order valence-corrected chi connectivity index (χ4v) is 3.04. The van der Waals surface area contributed by atoms with Crippen LogP contribution in [0.3, 0.4) is 0 Å². The molecule has 7 heteroatoms. The van der Waals surface area contributed by atoms with Gasteiger partial charge in [0.2, 0.25) is 0 Å². The van der Waals surface area contributed by atoms with Crippen LogP contribution in [-0.4, -0.2) is 15.2 Å². The van der Waals surface area contributed by atoms with Gasteiger partial charge < -0.3 is 4.42 Å². The van der Waals surface area contributed by atoms with Crippen LogP contribution < -0.4 is 0 Å². The van der Waals surface area contributed by atoms with Crippen LogP contribution in [0.25, 0.3) is 22.7 Å². The first-order valence-electron chi connectivity index (χ1n) is 9.65. The van der Waals surface area contributed by atoms with E-state index in [0.29, 0.717) is 11.5 Å². The van der Waals surface area contributed by atoms with Crippen LogP contribution in [0, 0.1) is 0 Å². The minimum Gasteiger partial charge on any atom is -0.461 e. The SMILES string of the molecule is CCCCCCCCc1ccc(-c2ccc(-c3cc(C(F)(F)F)[nH]n3)nc2)o1. The average molecular weight is 391 g/mol. The summed E-state index contributed by atoms with van der Waals surface area (Å²) in [5, 5.41) is 5.68. The lowest BCUT2D eigenvalue weighted by Crippen LogP contribution is -2.04. The van der Waals surface area contributed by atoms with Crippen molar-refractivity contribution in [1.82, 2.24) is 15.2 Å². The lowest BCUT2D eigenvalue weighted by atomic mass is 10.1. The van der Waals surface area contributed by atoms with Crippen molar-refractivity contribution in [3.8, 4) is 22.7 Å². The third kappa shape index (κ3) is 5.24. The molecule has 0 spiro atoms. The van der Waals surface area contributed by atoms with Crippen molar-refractivity contribution >= 4 is 0 Å². The van der Waals surface area contributed by atoms with Crippen LogP contribution in [0.15, 0.2) is 40.9 Å². The smallest absolute Gasteiger partial charge is 0.432 e. The Morgan fingerprint density at radius 3 is 2.43 bits per heavy atom. The second kappa shape index (κ2) is 9.08. The van der Waals surface area contributed by atoms with Gasteiger partial charge in [-0.15, -0.1) is 0 Å². The normalized spacial score (nSPS) is 11.9. The summed E-state index contributed by atoms with van der Waals surface area (Å²) in [6.07, 6.45) is 5.45. The molecule has 0 saturated heterocycles. The van der Waals surface area contributed by atoms with Crippen molar-refractivity contribution < 1.29 is 17.6 Å².